The predicted molar refractivity (Wildman–Crippen MR) is 77.7 cm³/mol. The molecule has 1 atom stereocenters. The zero-order chi connectivity index (χ0) is 13.0. The van der Waals surface area contributed by atoms with Crippen LogP contribution in [0.15, 0.2) is 24.3 Å². The van der Waals surface area contributed by atoms with Gasteiger partial charge in [0.1, 0.15) is 5.82 Å². The van der Waals surface area contributed by atoms with E-state index in [4.69, 9.17) is 0 Å². The Kier molecular flexibility index (Phi) is 5.07. The minimum Gasteiger partial charge on any atom is -0.314 e. The summed E-state index contributed by atoms with van der Waals surface area (Å²) in [5.74, 6) is 2.45. The number of thioether (sulfide) groups is 1. The van der Waals surface area contributed by atoms with Crippen molar-refractivity contribution in [3.8, 4) is 0 Å². The molecule has 1 aromatic rings. The fourth-order valence-corrected chi connectivity index (χ4v) is 3.19. The Labute approximate surface area is 114 Å². The number of nitrogens with one attached hydrogen (secondary N) is 1. The van der Waals surface area contributed by atoms with Gasteiger partial charge in [-0.3, -0.25) is 0 Å². The van der Waals surface area contributed by atoms with Gasteiger partial charge in [0.05, 0.1) is 0 Å². The average molecular weight is 267 g/mol. The second-order valence-corrected chi connectivity index (χ2v) is 6.30. The zero-order valence-electron chi connectivity index (χ0n) is 11.2. The summed E-state index contributed by atoms with van der Waals surface area (Å²) in [5.41, 5.74) is 1.28. The predicted octanol–water partition coefficient (Wildman–Crippen LogP) is 3.66. The van der Waals surface area contributed by atoms with Gasteiger partial charge in [-0.05, 0) is 60.9 Å². The fourth-order valence-electron chi connectivity index (χ4n) is 2.50. The second-order valence-electron chi connectivity index (χ2n) is 5.39. The van der Waals surface area contributed by atoms with Gasteiger partial charge in [-0.1, -0.05) is 19.1 Å². The molecule has 1 unspecified atom stereocenters. The zero-order valence-corrected chi connectivity index (χ0v) is 12.0. The van der Waals surface area contributed by atoms with Gasteiger partial charge < -0.3 is 5.32 Å². The molecule has 0 spiro atoms. The highest BCUT2D eigenvalue weighted by atomic mass is 32.2. The summed E-state index contributed by atoms with van der Waals surface area (Å²) in [6.45, 7) is 3.40. The summed E-state index contributed by atoms with van der Waals surface area (Å²) in [4.78, 5) is 0. The quantitative estimate of drug-likeness (QED) is 0.844. The summed E-state index contributed by atoms with van der Waals surface area (Å²) in [5, 5.41) is 3.63. The third-order valence-electron chi connectivity index (χ3n) is 3.69. The summed E-state index contributed by atoms with van der Waals surface area (Å²) in [6.07, 6.45) is 4.54. The summed E-state index contributed by atoms with van der Waals surface area (Å²) in [7, 11) is 0. The normalized spacial score (nSPS) is 24.6. The first-order valence-corrected chi connectivity index (χ1v) is 8.06. The van der Waals surface area contributed by atoms with Crippen LogP contribution in [-0.4, -0.2) is 24.6 Å². The van der Waals surface area contributed by atoms with E-state index in [-0.39, 0.29) is 5.82 Å². The van der Waals surface area contributed by atoms with E-state index in [1.165, 1.54) is 24.2 Å². The highest BCUT2D eigenvalue weighted by molar-refractivity contribution is 7.98. The smallest absolute Gasteiger partial charge is 0.123 e. The van der Waals surface area contributed by atoms with Crippen LogP contribution in [0.4, 0.5) is 4.39 Å². The van der Waals surface area contributed by atoms with Crippen molar-refractivity contribution in [1.82, 2.24) is 5.32 Å². The Morgan fingerprint density at radius 3 is 2.61 bits per heavy atom. The molecule has 1 saturated carbocycles. The van der Waals surface area contributed by atoms with E-state index < -0.39 is 0 Å². The van der Waals surface area contributed by atoms with Crippen LogP contribution in [0.3, 0.4) is 0 Å². The van der Waals surface area contributed by atoms with Crippen molar-refractivity contribution in [3.63, 3.8) is 0 Å². The average Bonchev–Trinajstić information content (AvgIpc) is 2.29. The van der Waals surface area contributed by atoms with Crippen molar-refractivity contribution in [3.05, 3.63) is 35.6 Å². The molecule has 0 aromatic heterocycles. The lowest BCUT2D eigenvalue weighted by Gasteiger charge is -2.37. The van der Waals surface area contributed by atoms with Crippen LogP contribution in [0.5, 0.6) is 0 Å². The Balaban J connectivity index is 1.69. The van der Waals surface area contributed by atoms with Crippen molar-refractivity contribution in [2.45, 2.75) is 31.7 Å². The lowest BCUT2D eigenvalue weighted by molar-refractivity contribution is 0.282. The molecule has 1 aliphatic carbocycles. The second kappa shape index (κ2) is 6.58. The molecule has 0 radical (unpaired) electrons. The molecule has 0 heterocycles. The molecular weight excluding hydrogens is 245 g/mol. The van der Waals surface area contributed by atoms with E-state index in [0.717, 1.165) is 12.5 Å². The van der Waals surface area contributed by atoms with Crippen LogP contribution in [0.1, 0.15) is 31.2 Å². The summed E-state index contributed by atoms with van der Waals surface area (Å²) >= 11 is 1.91. The van der Waals surface area contributed by atoms with Crippen molar-refractivity contribution in [2.24, 2.45) is 5.92 Å². The van der Waals surface area contributed by atoms with Crippen molar-refractivity contribution in [1.29, 1.82) is 0 Å². The molecule has 1 nitrogen and oxygen atoms in total. The first-order valence-electron chi connectivity index (χ1n) is 6.67. The number of hydrogen-bond acceptors (Lipinski definition) is 2. The maximum atomic E-state index is 12.8. The first kappa shape index (κ1) is 13.9. The highest BCUT2D eigenvalue weighted by Gasteiger charge is 2.29. The van der Waals surface area contributed by atoms with Crippen molar-refractivity contribution >= 4 is 11.8 Å². The molecule has 0 amide bonds. The maximum absolute atomic E-state index is 12.8. The molecule has 1 N–H and O–H groups in total. The lowest BCUT2D eigenvalue weighted by atomic mass is 9.76. The molecule has 3 heteroatoms. The van der Waals surface area contributed by atoms with Gasteiger partial charge in [0.2, 0.25) is 0 Å². The van der Waals surface area contributed by atoms with E-state index in [9.17, 15) is 4.39 Å². The van der Waals surface area contributed by atoms with Crippen LogP contribution in [-0.2, 0) is 0 Å². The van der Waals surface area contributed by atoms with E-state index in [1.807, 2.05) is 23.9 Å². The molecular formula is C15H22FNS. The van der Waals surface area contributed by atoms with Gasteiger partial charge in [0, 0.05) is 6.04 Å². The minimum atomic E-state index is -0.140. The molecule has 0 saturated heterocycles. The SMILES string of the molecule is CSCC(C)CNC1CC(c2ccc(F)cc2)C1. The van der Waals surface area contributed by atoms with Gasteiger partial charge in [-0.2, -0.15) is 11.8 Å². The van der Waals surface area contributed by atoms with Crippen molar-refractivity contribution in [2.75, 3.05) is 18.6 Å². The summed E-state index contributed by atoms with van der Waals surface area (Å²) in [6, 6.07) is 7.64. The molecule has 18 heavy (non-hydrogen) atoms. The van der Waals surface area contributed by atoms with Gasteiger partial charge >= 0.3 is 0 Å². The topological polar surface area (TPSA) is 12.0 Å². The highest BCUT2D eigenvalue weighted by Crippen LogP contribution is 2.36. The van der Waals surface area contributed by atoms with E-state index >= 15 is 0 Å². The van der Waals surface area contributed by atoms with Crippen LogP contribution in [0.2, 0.25) is 0 Å². The largest absolute Gasteiger partial charge is 0.314 e. The minimum absolute atomic E-state index is 0.140. The Hall–Kier alpha value is -0.540. The monoisotopic (exact) mass is 267 g/mol. The molecule has 0 bridgehead atoms. The van der Waals surface area contributed by atoms with E-state index in [1.54, 1.807) is 12.1 Å². The third kappa shape index (κ3) is 3.72. The molecule has 1 aromatic carbocycles. The van der Waals surface area contributed by atoms with Crippen LogP contribution in [0.25, 0.3) is 0 Å². The molecule has 1 aliphatic rings. The Morgan fingerprint density at radius 1 is 1.33 bits per heavy atom. The first-order chi connectivity index (χ1) is 8.69. The fraction of sp³-hybridized carbons (Fsp3) is 0.600. The number of hydrogen-bond donors (Lipinski definition) is 1. The number of benzene rings is 1. The maximum Gasteiger partial charge on any atom is 0.123 e. The molecule has 1 fully saturated rings. The van der Waals surface area contributed by atoms with Gasteiger partial charge in [-0.15, -0.1) is 0 Å². The van der Waals surface area contributed by atoms with Crippen molar-refractivity contribution < 1.29 is 4.39 Å². The number of halogens is 1. The van der Waals surface area contributed by atoms with Gasteiger partial charge in [0.25, 0.3) is 0 Å². The van der Waals surface area contributed by atoms with Gasteiger partial charge in [0.15, 0.2) is 0 Å². The lowest BCUT2D eigenvalue weighted by Crippen LogP contribution is -2.42. The molecule has 0 aliphatic heterocycles. The van der Waals surface area contributed by atoms with E-state index in [0.29, 0.717) is 12.0 Å². The van der Waals surface area contributed by atoms with E-state index in [2.05, 4.69) is 18.5 Å². The van der Waals surface area contributed by atoms with Crippen LogP contribution >= 0.6 is 11.8 Å². The van der Waals surface area contributed by atoms with Gasteiger partial charge in [-0.25, -0.2) is 4.39 Å². The van der Waals surface area contributed by atoms with Crippen LogP contribution in [0, 0.1) is 11.7 Å². The molecule has 2 rings (SSSR count). The standard InChI is InChI=1S/C15H22FNS/c1-11(10-18-2)9-17-15-7-13(8-15)12-3-5-14(16)6-4-12/h3-6,11,13,15,17H,7-10H2,1-2H3. The van der Waals surface area contributed by atoms with Crippen LogP contribution < -0.4 is 5.32 Å². The summed E-state index contributed by atoms with van der Waals surface area (Å²) < 4.78 is 12.8. The number of rotatable bonds is 6. The molecule has 100 valence electrons. The Bertz CT molecular complexity index is 359. The third-order valence-corrected chi connectivity index (χ3v) is 4.59. The Morgan fingerprint density at radius 2 is 2.00 bits per heavy atom.